The summed E-state index contributed by atoms with van der Waals surface area (Å²) in [4.78, 5) is 0. The quantitative estimate of drug-likeness (QED) is 0.704. The van der Waals surface area contributed by atoms with Crippen LogP contribution in [0.2, 0.25) is 0 Å². The summed E-state index contributed by atoms with van der Waals surface area (Å²) < 4.78 is 0. The Balaban J connectivity index is 2.20. The van der Waals surface area contributed by atoms with Crippen LogP contribution in [0.4, 0.5) is 0 Å². The maximum atomic E-state index is 9.87. The second-order valence-electron chi connectivity index (χ2n) is 4.08. The summed E-state index contributed by atoms with van der Waals surface area (Å²) in [7, 11) is 0. The average molecular weight is 191 g/mol. The molecular formula is C12H17NO. The fraction of sp³-hybridized carbons (Fsp3) is 0.500. The largest absolute Gasteiger partial charge is 0.392 e. The third-order valence-electron chi connectivity index (χ3n) is 2.92. The highest BCUT2D eigenvalue weighted by Gasteiger charge is 2.23. The van der Waals surface area contributed by atoms with Gasteiger partial charge in [0, 0.05) is 12.5 Å². The molecule has 14 heavy (non-hydrogen) atoms. The molecule has 0 aliphatic carbocycles. The number of hydrogen-bond donors (Lipinski definition) is 2. The van der Waals surface area contributed by atoms with E-state index in [2.05, 4.69) is 36.5 Å². The molecule has 0 aromatic heterocycles. The smallest absolute Gasteiger partial charge is 0.0633 e. The Morgan fingerprint density at radius 3 is 3.00 bits per heavy atom. The predicted molar refractivity (Wildman–Crippen MR) is 57.4 cm³/mol. The predicted octanol–water partition coefficient (Wildman–Crippen LogP) is 1.43. The Bertz CT molecular complexity index is 311. The highest BCUT2D eigenvalue weighted by molar-refractivity contribution is 5.27. The van der Waals surface area contributed by atoms with Gasteiger partial charge in [-0.3, -0.25) is 0 Å². The molecule has 1 aromatic carbocycles. The van der Waals surface area contributed by atoms with Gasteiger partial charge >= 0.3 is 0 Å². The second-order valence-corrected chi connectivity index (χ2v) is 4.08. The molecule has 2 nitrogen and oxygen atoms in total. The molecule has 1 fully saturated rings. The van der Waals surface area contributed by atoms with Crippen LogP contribution in [-0.4, -0.2) is 24.3 Å². The summed E-state index contributed by atoms with van der Waals surface area (Å²) in [5.41, 5.74) is 2.52. The van der Waals surface area contributed by atoms with Crippen LogP contribution in [0.25, 0.3) is 0 Å². The van der Waals surface area contributed by atoms with Crippen LogP contribution in [0.3, 0.4) is 0 Å². The van der Waals surface area contributed by atoms with Crippen LogP contribution < -0.4 is 5.32 Å². The molecule has 2 atom stereocenters. The minimum absolute atomic E-state index is 0.182. The van der Waals surface area contributed by atoms with E-state index in [1.165, 1.54) is 11.1 Å². The van der Waals surface area contributed by atoms with E-state index in [0.717, 1.165) is 19.5 Å². The summed E-state index contributed by atoms with van der Waals surface area (Å²) in [6.45, 7) is 3.92. The summed E-state index contributed by atoms with van der Waals surface area (Å²) in [6.07, 6.45) is 0.677. The molecule has 2 N–H and O–H groups in total. The van der Waals surface area contributed by atoms with Crippen molar-refractivity contribution in [2.24, 2.45) is 0 Å². The van der Waals surface area contributed by atoms with Crippen molar-refractivity contribution in [2.75, 3.05) is 13.1 Å². The van der Waals surface area contributed by atoms with E-state index < -0.39 is 0 Å². The molecule has 0 radical (unpaired) electrons. The first-order chi connectivity index (χ1) is 6.77. The van der Waals surface area contributed by atoms with Crippen molar-refractivity contribution in [2.45, 2.75) is 25.4 Å². The van der Waals surface area contributed by atoms with E-state index in [1.54, 1.807) is 0 Å². The number of aliphatic hydroxyl groups excluding tert-OH is 1. The van der Waals surface area contributed by atoms with Gasteiger partial charge in [-0.2, -0.15) is 0 Å². The standard InChI is InChI=1S/C12H17NO/c1-9-3-2-4-10(7-9)11-8-13-6-5-12(11)14/h2-4,7,11-14H,5-6,8H2,1H3. The van der Waals surface area contributed by atoms with Gasteiger partial charge in [-0.1, -0.05) is 29.8 Å². The molecule has 76 valence electrons. The molecule has 0 spiro atoms. The first kappa shape index (κ1) is 9.69. The van der Waals surface area contributed by atoms with E-state index in [-0.39, 0.29) is 12.0 Å². The Labute approximate surface area is 85.0 Å². The topological polar surface area (TPSA) is 32.3 Å². The zero-order valence-electron chi connectivity index (χ0n) is 8.53. The fourth-order valence-electron chi connectivity index (χ4n) is 2.09. The SMILES string of the molecule is Cc1cccc(C2CNCCC2O)c1. The molecule has 0 amide bonds. The van der Waals surface area contributed by atoms with Gasteiger partial charge in [0.1, 0.15) is 0 Å². The zero-order valence-corrected chi connectivity index (χ0v) is 8.53. The highest BCUT2D eigenvalue weighted by Crippen LogP contribution is 2.24. The van der Waals surface area contributed by atoms with Gasteiger partial charge in [-0.05, 0) is 25.5 Å². The molecule has 1 aliphatic rings. The molecule has 2 unspecified atom stereocenters. The molecule has 0 bridgehead atoms. The third kappa shape index (κ3) is 1.97. The van der Waals surface area contributed by atoms with Crippen molar-refractivity contribution in [3.8, 4) is 0 Å². The Hall–Kier alpha value is -0.860. The van der Waals surface area contributed by atoms with Gasteiger partial charge in [0.05, 0.1) is 6.10 Å². The van der Waals surface area contributed by atoms with Crippen LogP contribution in [0.15, 0.2) is 24.3 Å². The number of rotatable bonds is 1. The minimum Gasteiger partial charge on any atom is -0.392 e. The van der Waals surface area contributed by atoms with E-state index in [1.807, 2.05) is 0 Å². The number of nitrogens with one attached hydrogen (secondary N) is 1. The van der Waals surface area contributed by atoms with E-state index in [9.17, 15) is 5.11 Å². The fourth-order valence-corrected chi connectivity index (χ4v) is 2.09. The monoisotopic (exact) mass is 191 g/mol. The van der Waals surface area contributed by atoms with Crippen LogP contribution in [0, 0.1) is 6.92 Å². The van der Waals surface area contributed by atoms with Gasteiger partial charge < -0.3 is 10.4 Å². The average Bonchev–Trinajstić information content (AvgIpc) is 2.18. The zero-order chi connectivity index (χ0) is 9.97. The van der Waals surface area contributed by atoms with Gasteiger partial charge in [0.15, 0.2) is 0 Å². The number of hydrogen-bond acceptors (Lipinski definition) is 2. The van der Waals surface area contributed by atoms with Crippen LogP contribution in [0.1, 0.15) is 23.5 Å². The first-order valence-electron chi connectivity index (χ1n) is 5.23. The minimum atomic E-state index is -0.182. The normalized spacial score (nSPS) is 27.6. The van der Waals surface area contributed by atoms with Crippen molar-refractivity contribution in [3.63, 3.8) is 0 Å². The lowest BCUT2D eigenvalue weighted by molar-refractivity contribution is 0.114. The van der Waals surface area contributed by atoms with E-state index in [0.29, 0.717) is 0 Å². The van der Waals surface area contributed by atoms with Crippen molar-refractivity contribution in [3.05, 3.63) is 35.4 Å². The van der Waals surface area contributed by atoms with Gasteiger partial charge in [0.25, 0.3) is 0 Å². The number of piperidine rings is 1. The third-order valence-corrected chi connectivity index (χ3v) is 2.92. The molecule has 0 saturated carbocycles. The molecule has 2 rings (SSSR count). The number of aryl methyl sites for hydroxylation is 1. The molecule has 1 aromatic rings. The maximum Gasteiger partial charge on any atom is 0.0633 e. The van der Waals surface area contributed by atoms with Gasteiger partial charge in [0.2, 0.25) is 0 Å². The Morgan fingerprint density at radius 1 is 1.43 bits per heavy atom. The molecule has 1 heterocycles. The van der Waals surface area contributed by atoms with Gasteiger partial charge in [-0.25, -0.2) is 0 Å². The summed E-state index contributed by atoms with van der Waals surface area (Å²) in [5, 5.41) is 13.2. The maximum absolute atomic E-state index is 9.87. The summed E-state index contributed by atoms with van der Waals surface area (Å²) in [6, 6.07) is 8.42. The molecule has 1 saturated heterocycles. The lowest BCUT2D eigenvalue weighted by Crippen LogP contribution is -2.38. The number of aliphatic hydroxyl groups is 1. The van der Waals surface area contributed by atoms with Crippen molar-refractivity contribution < 1.29 is 5.11 Å². The second kappa shape index (κ2) is 4.11. The highest BCUT2D eigenvalue weighted by atomic mass is 16.3. The van der Waals surface area contributed by atoms with Crippen LogP contribution >= 0.6 is 0 Å². The molecule has 1 aliphatic heterocycles. The lowest BCUT2D eigenvalue weighted by atomic mass is 9.88. The summed E-state index contributed by atoms with van der Waals surface area (Å²) in [5.74, 6) is 0.267. The first-order valence-corrected chi connectivity index (χ1v) is 5.23. The Kier molecular flexibility index (Phi) is 2.85. The molecule has 2 heteroatoms. The van der Waals surface area contributed by atoms with E-state index in [4.69, 9.17) is 0 Å². The van der Waals surface area contributed by atoms with Gasteiger partial charge in [-0.15, -0.1) is 0 Å². The van der Waals surface area contributed by atoms with E-state index >= 15 is 0 Å². The Morgan fingerprint density at radius 2 is 2.29 bits per heavy atom. The van der Waals surface area contributed by atoms with Crippen LogP contribution in [0.5, 0.6) is 0 Å². The van der Waals surface area contributed by atoms with Crippen molar-refractivity contribution in [1.29, 1.82) is 0 Å². The summed E-state index contributed by atoms with van der Waals surface area (Å²) >= 11 is 0. The van der Waals surface area contributed by atoms with Crippen molar-refractivity contribution in [1.82, 2.24) is 5.32 Å². The molecular weight excluding hydrogens is 174 g/mol. The number of benzene rings is 1. The van der Waals surface area contributed by atoms with Crippen molar-refractivity contribution >= 4 is 0 Å². The van der Waals surface area contributed by atoms with Crippen LogP contribution in [-0.2, 0) is 0 Å². The lowest BCUT2D eigenvalue weighted by Gasteiger charge is -2.28.